The number of allylic oxidation sites excluding steroid dienone is 4. The second-order valence-electron chi connectivity index (χ2n) is 20.3. The van der Waals surface area contributed by atoms with E-state index in [9.17, 15) is 26.7 Å². The topological polar surface area (TPSA) is 192 Å². The van der Waals surface area contributed by atoms with E-state index >= 15 is 8.78 Å². The van der Waals surface area contributed by atoms with Crippen LogP contribution in [0.2, 0.25) is 0 Å². The Balaban J connectivity index is -0.0000000194. The summed E-state index contributed by atoms with van der Waals surface area (Å²) in [5.74, 6) is -1.25. The third-order valence-electron chi connectivity index (χ3n) is 15.1. The number of hydrogen-bond donors (Lipinski definition) is 1. The average Bonchev–Trinajstić information content (AvgIpc) is 0.719. The zero-order valence-electron chi connectivity index (χ0n) is 184. The van der Waals surface area contributed by atoms with Crippen molar-refractivity contribution in [2.45, 2.75) is 82.1 Å². The van der Waals surface area contributed by atoms with Gasteiger partial charge in [0.05, 0.1) is 64.6 Å². The van der Waals surface area contributed by atoms with Gasteiger partial charge in [-0.3, -0.25) is 9.97 Å². The molecule has 4 aliphatic rings. The van der Waals surface area contributed by atoms with Crippen LogP contribution in [0.5, 0.6) is 0 Å². The van der Waals surface area contributed by atoms with Crippen molar-refractivity contribution >= 4 is 25.5 Å². The van der Waals surface area contributed by atoms with Gasteiger partial charge < -0.3 is 9.90 Å². The van der Waals surface area contributed by atoms with Gasteiger partial charge in [-0.25, -0.2) is 55.2 Å². The van der Waals surface area contributed by atoms with Crippen LogP contribution in [0.3, 0.4) is 0 Å². The first-order valence-corrected chi connectivity index (χ1v) is 28.2. The summed E-state index contributed by atoms with van der Waals surface area (Å²) < 4.78 is 788. The number of rotatable bonds is 8. The van der Waals surface area contributed by atoms with Gasteiger partial charge in [-0.15, -0.1) is 0 Å². The lowest BCUT2D eigenvalue weighted by Crippen LogP contribution is -2.46. The van der Waals surface area contributed by atoms with E-state index in [1.165, 1.54) is 24.5 Å². The highest BCUT2D eigenvalue weighted by Gasteiger charge is 2.51. The highest BCUT2D eigenvalue weighted by molar-refractivity contribution is 7.90. The van der Waals surface area contributed by atoms with Gasteiger partial charge in [0.1, 0.15) is 11.6 Å². The maximum atomic E-state index is 15.1. The first kappa shape index (κ1) is 13.5. The molecule has 4 heterocycles. The van der Waals surface area contributed by atoms with Crippen LogP contribution in [0.25, 0.3) is 55.0 Å². The van der Waals surface area contributed by atoms with Gasteiger partial charge in [0, 0.05) is 293 Å². The zero-order chi connectivity index (χ0) is 195. The first-order chi connectivity index (χ1) is 106. The molecule has 6 atom stereocenters. The van der Waals surface area contributed by atoms with Crippen LogP contribution in [0.15, 0.2) is 108 Å². The molecule has 0 saturated carbocycles. The van der Waals surface area contributed by atoms with Crippen molar-refractivity contribution in [3.63, 3.8) is 0 Å². The molecule has 2 aromatic carbocycles. The number of Topliss-reactive ketones (excluding diaryl/α,β-unsaturated/α-hetero) is 1. The van der Waals surface area contributed by atoms with Crippen LogP contribution in [0.4, 0.5) is 8.78 Å². The van der Waals surface area contributed by atoms with Gasteiger partial charge in [-0.1, -0.05) is 58.0 Å². The van der Waals surface area contributed by atoms with Crippen molar-refractivity contribution in [3.8, 4) is 45.3 Å². The molecule has 522 valence electrons. The Hall–Kier alpha value is -7.41. The second-order valence-corrected chi connectivity index (χ2v) is 24.6. The van der Waals surface area contributed by atoms with Crippen molar-refractivity contribution in [2.24, 2.45) is 23.7 Å². The molecule has 18 heteroatoms. The molecule has 0 amide bonds. The van der Waals surface area contributed by atoms with E-state index in [1.807, 2.05) is 20.8 Å². The standard InChI is InChI=1S/C28H27FN4O3S.C28H25FN4O3S.72H2/c2*1-16-21-10-9-20-24(19-7-5-6-8-22(19)29)32-27(17-11-12-31-18(13-17)15-37(4,35)36)33-26(20)28(21,2)14-23(30-3)25(16)34;;;;;;;;;;;;;;;;;;;;;;;;;;;;;;;;;;;;;;;;;;;;;;;;;;;;;;;;;;;;;;;;;;;;;;;;/h5-8,11-13,16,21,34H,9-10,14-15H2,1-2,4H3;5-8,11-14,16,21H,9-10,15H2,1-2,4H3;72*1H/t2*16-,21-,28-;;;;;;;;;;;;;;;;;;;;;;;;;;;;;;;;;;;;;;;;;;;;;;;;;;;;;;;;;;;;;;;;;;;;;;;;/m11......................................................................../s1/i;;71*1+2T;1+2. The minimum Gasteiger partial charge on any atom is -0.523 e. The molecule has 10 rings (SSSR count). The smallest absolute Gasteiger partial charge is 0.226 e. The van der Waals surface area contributed by atoms with Gasteiger partial charge in [-0.05, 0) is 92.5 Å². The number of nitrogens with zero attached hydrogens (tertiary/aromatic N) is 8. The number of aromatic nitrogens is 6. The quantitative estimate of drug-likeness (QED) is 0.142. The molecule has 0 fully saturated rings. The third kappa shape index (κ3) is 9.64. The number of hydrogen-bond acceptors (Lipinski definition) is 12. The fourth-order valence-corrected chi connectivity index (χ4v) is 13.1. The monoisotopic (exact) mass is 1470 g/mol. The summed E-state index contributed by atoms with van der Waals surface area (Å²) in [5.41, 5.74) is 5.65. The van der Waals surface area contributed by atoms with Gasteiger partial charge in [-0.2, -0.15) is 0 Å². The molecule has 0 saturated heterocycles. The van der Waals surface area contributed by atoms with Crippen LogP contribution in [-0.2, 0) is 59.6 Å². The molecule has 0 unspecified atom stereocenters. The van der Waals surface area contributed by atoms with E-state index in [4.69, 9.17) is 244 Å². The van der Waals surface area contributed by atoms with E-state index in [0.29, 0.717) is 93.8 Å². The fraction of sp³-hybridized carbons (Fsp3) is 0.339. The Kier molecular flexibility index (Phi) is 3.55. The molecule has 0 spiro atoms. The SMILES string of the molecule is [3HH].[3H][3H].[3H][3H].[3H][3H].[3H][3H].[3H][3H].[3H][3H].[3H][3H].[3H][3H].[3H][3H].[3H][3H].[3H][3H].[3H][3H].[3H][3H].[3H][3H].[3H][3H].[3H][3H].[3H][3H].[3H][3H].[3H][3H].[3H][3H].[3H][3H].[3H][3H].[3H][3H].[3H][3H].[3H][3H].[3H][3H].[3H][3H].[3H][3H].[3H][3H].[3H][3H].[3H][3H].[3H][3H].[3H][3H].[3H][3H].[3H][3H].[3H][3H].[3H][3H].[3H][3H].[3H][3H].[3H][3H].[3H][3H].[3H][3H].[3H][3H].[3H][3H].[3H][3H].[3H][3H].[3H][3H].[3H][3H].[3H][3H].[3H][3H].[3H][3H].[3H][3H].[3H][3H].[3H][3H].[3H][3H].[3H][3H].[3H][3H].[3H][3H].[3H][3H].[3H][3H].[3H][3H].[3H][3H].[3H][3H].[3H][3H].[3H][3H].[3H][3H].[3H][3H].[3H][3H].[3H][3H].[3H][3H].[3H][3H].[C-]#[N+]C1=C(O)[C@H](C)[C@H]2CCc3c(-c4ccccc4F)nc(-c4ccnc(CS(C)(=O)=O)c4)nc3[C@]2(C)C1.[C-]#[N+]C1=C[C@@]2(C)c3nc(-c4ccnc(CS(C)(=O)=O)c4)nc(-c4ccccc4F)c3CC[C@@H]2[C@@H](C)C1=O. The highest BCUT2D eigenvalue weighted by Crippen LogP contribution is 2.55. The lowest BCUT2D eigenvalue weighted by atomic mass is 9.57. The predicted octanol–water partition coefficient (Wildman–Crippen LogP) is 27.9. The van der Waals surface area contributed by atoms with Crippen molar-refractivity contribution < 1.29 is 248 Å². The Morgan fingerprint density at radius 2 is 1.20 bits per heavy atom. The number of sulfone groups is 2. The molecule has 0 bridgehead atoms. The van der Waals surface area contributed by atoms with Crippen LogP contribution in [0.1, 0.15) is 293 Å². The van der Waals surface area contributed by atoms with E-state index in [-0.39, 0.29) is 53.8 Å². The Morgan fingerprint density at radius 3 is 1.69 bits per heavy atom. The highest BCUT2D eigenvalue weighted by atomic mass is 32.2. The number of aliphatic hydroxyl groups excluding tert-OH is 1. The molecule has 6 aromatic rings. The van der Waals surface area contributed by atoms with Gasteiger partial charge in [0.25, 0.3) is 0 Å². The van der Waals surface area contributed by atoms with Gasteiger partial charge in [0.15, 0.2) is 37.1 Å². The number of ketones is 1. The number of pyridine rings is 2. The minimum absolute atomic E-state index is 0. The lowest BCUT2D eigenvalue weighted by Gasteiger charge is -2.48. The van der Waals surface area contributed by atoms with E-state index in [0.717, 1.165) is 35.8 Å². The summed E-state index contributed by atoms with van der Waals surface area (Å²) in [6, 6.07) is 19.6. The summed E-state index contributed by atoms with van der Waals surface area (Å²) in [6.07, 6.45) is 9.96. The molecule has 14 nitrogen and oxygen atoms in total. The molecule has 0 aliphatic heterocycles. The fourth-order valence-electron chi connectivity index (χ4n) is 11.7. The van der Waals surface area contributed by atoms with Crippen LogP contribution < -0.4 is 0 Å². The van der Waals surface area contributed by atoms with Crippen molar-refractivity contribution in [1.29, 1.82) is 0 Å². The summed E-state index contributed by atoms with van der Waals surface area (Å²) in [5, 5.41) is 10.7. The normalized spacial score (nSPS) is 30.8. The molecular weight excluding hydrogens is 983 g/mol. The molecule has 4 aromatic heterocycles. The number of fused-ring (bicyclic) bond motifs is 6. The Morgan fingerprint density at radius 1 is 0.716 bits per heavy atom. The van der Waals surface area contributed by atoms with Crippen LogP contribution in [-0.4, -0.2) is 70.1 Å². The van der Waals surface area contributed by atoms with Crippen molar-refractivity contribution in [2.75, 3.05) is 12.5 Å². The third-order valence-corrected chi connectivity index (χ3v) is 16.8. The molecular formula is C56H196F2N8O6S2. The number of halogens is 2. The summed E-state index contributed by atoms with van der Waals surface area (Å²) >= 11 is 0. The average molecular weight is 1470 g/mol. The number of carbonyl (C=O) groups is 1. The summed E-state index contributed by atoms with van der Waals surface area (Å²) in [7, 11) is -6.62. The van der Waals surface area contributed by atoms with Gasteiger partial charge in [0.2, 0.25) is 11.4 Å². The Bertz CT molecular complexity index is 3900. The van der Waals surface area contributed by atoms with Crippen LogP contribution >= 0.6 is 0 Å². The zero-order valence-corrected chi connectivity index (χ0v) is 43.2. The summed E-state index contributed by atoms with van der Waals surface area (Å²) in [6.45, 7) is 23.0. The summed E-state index contributed by atoms with van der Waals surface area (Å²) in [4.78, 5) is 47.9. The van der Waals surface area contributed by atoms with Crippen molar-refractivity contribution in [3.05, 3.63) is 177 Å². The molecule has 1 N–H and O–H groups in total. The maximum absolute atomic E-state index is 15.1. The number of carbonyl (C=O) groups excluding carboxylic acids is 1. The number of aliphatic hydroxyl groups is 1. The molecule has 4 aliphatic carbocycles. The maximum Gasteiger partial charge on any atom is 0.226 e. The second kappa shape index (κ2) is 19.5. The molecule has 0 radical (unpaired) electrons. The van der Waals surface area contributed by atoms with E-state index in [1.54, 1.807) is 66.7 Å². The van der Waals surface area contributed by atoms with E-state index in [2.05, 4.69) is 26.6 Å². The Labute approximate surface area is 649 Å². The lowest BCUT2D eigenvalue weighted by molar-refractivity contribution is -0.121. The minimum atomic E-state index is -3.31. The number of benzene rings is 2. The molecule has 74 heavy (non-hydrogen) atoms. The van der Waals surface area contributed by atoms with E-state index < -0.39 is 42.1 Å². The van der Waals surface area contributed by atoms with Gasteiger partial charge >= 0.3 is 0 Å². The predicted molar refractivity (Wildman–Crippen MR) is 428 cm³/mol. The largest absolute Gasteiger partial charge is 0.523 e. The first-order valence-electron chi connectivity index (χ1n) is 95.1. The van der Waals surface area contributed by atoms with Crippen molar-refractivity contribution in [1.82, 2.24) is 29.9 Å². The van der Waals surface area contributed by atoms with Crippen LogP contribution in [0, 0.1) is 48.5 Å².